The molecule has 0 radical (unpaired) electrons. The summed E-state index contributed by atoms with van der Waals surface area (Å²) >= 11 is 0. The van der Waals surface area contributed by atoms with Crippen molar-refractivity contribution in [3.05, 3.63) is 30.3 Å². The molecule has 2 aliphatic heterocycles. The third-order valence-corrected chi connectivity index (χ3v) is 2.63. The van der Waals surface area contributed by atoms with Crippen LogP contribution in [0.2, 0.25) is 0 Å². The van der Waals surface area contributed by atoms with Crippen LogP contribution in [0, 0.1) is 0 Å². The quantitative estimate of drug-likeness (QED) is 0.534. The van der Waals surface area contributed by atoms with Gasteiger partial charge in [-0.15, -0.1) is 0 Å². The van der Waals surface area contributed by atoms with E-state index in [0.29, 0.717) is 12.7 Å². The molecule has 2 saturated heterocycles. The summed E-state index contributed by atoms with van der Waals surface area (Å²) in [5.41, 5.74) is 1.07. The Kier molecular flexibility index (Phi) is 2.78. The molecule has 2 atom stereocenters. The number of para-hydroxylation sites is 1. The Balaban J connectivity index is 1.62. The van der Waals surface area contributed by atoms with Crippen LogP contribution in [0.1, 0.15) is 0 Å². The van der Waals surface area contributed by atoms with Gasteiger partial charge in [-0.25, -0.2) is 0 Å². The van der Waals surface area contributed by atoms with Gasteiger partial charge in [0.15, 0.2) is 0 Å². The molecule has 0 bridgehead atoms. The van der Waals surface area contributed by atoms with Gasteiger partial charge in [-0.2, -0.15) is 0 Å². The lowest BCUT2D eigenvalue weighted by Crippen LogP contribution is -2.29. The maximum Gasteiger partial charge on any atom is 0.107 e. The molecule has 0 saturated carbocycles. The first-order valence-electron chi connectivity index (χ1n) is 5.60. The number of epoxide rings is 2. The van der Waals surface area contributed by atoms with Crippen LogP contribution in [-0.4, -0.2) is 38.6 Å². The van der Waals surface area contributed by atoms with E-state index in [-0.39, 0.29) is 6.10 Å². The highest BCUT2D eigenvalue weighted by molar-refractivity contribution is 5.43. The molecule has 3 rings (SSSR count). The van der Waals surface area contributed by atoms with Crippen molar-refractivity contribution in [2.24, 2.45) is 0 Å². The number of benzene rings is 1. The summed E-state index contributed by atoms with van der Waals surface area (Å²) in [5, 5.41) is 1.90. The van der Waals surface area contributed by atoms with Crippen LogP contribution in [0.5, 0.6) is 0 Å². The van der Waals surface area contributed by atoms with Crippen molar-refractivity contribution in [3.63, 3.8) is 0 Å². The molecule has 4 nitrogen and oxygen atoms in total. The van der Waals surface area contributed by atoms with Gasteiger partial charge < -0.3 is 9.47 Å². The molecule has 0 N–H and O–H groups in total. The molecule has 0 spiro atoms. The molecule has 2 heterocycles. The number of anilines is 1. The molecule has 1 aromatic rings. The molecule has 2 unspecified atom stereocenters. The number of hydrogen-bond acceptors (Lipinski definition) is 4. The van der Waals surface area contributed by atoms with Crippen molar-refractivity contribution in [2.45, 2.75) is 12.2 Å². The van der Waals surface area contributed by atoms with Crippen LogP contribution < -0.4 is 5.06 Å². The van der Waals surface area contributed by atoms with E-state index in [9.17, 15) is 0 Å². The summed E-state index contributed by atoms with van der Waals surface area (Å²) in [7, 11) is 0. The van der Waals surface area contributed by atoms with E-state index in [1.807, 2.05) is 35.4 Å². The van der Waals surface area contributed by atoms with E-state index in [2.05, 4.69) is 0 Å². The molecule has 2 aliphatic rings. The Morgan fingerprint density at radius 3 is 2.44 bits per heavy atom. The number of rotatable bonds is 6. The summed E-state index contributed by atoms with van der Waals surface area (Å²) in [6.45, 7) is 3.08. The second kappa shape index (κ2) is 4.41. The topological polar surface area (TPSA) is 37.5 Å². The fourth-order valence-electron chi connectivity index (χ4n) is 1.52. The number of hydrogen-bond donors (Lipinski definition) is 0. The smallest absolute Gasteiger partial charge is 0.107 e. The van der Waals surface area contributed by atoms with E-state index >= 15 is 0 Å². The van der Waals surface area contributed by atoms with Crippen molar-refractivity contribution < 1.29 is 14.3 Å². The van der Waals surface area contributed by atoms with Gasteiger partial charge in [0.25, 0.3) is 0 Å². The molecule has 0 aliphatic carbocycles. The van der Waals surface area contributed by atoms with Gasteiger partial charge in [-0.05, 0) is 12.1 Å². The standard InChI is InChI=1S/C12H15NO3/c1-2-4-10(5-3-1)13(6-11-7-14-11)16-9-12-8-15-12/h1-5,11-12H,6-9H2. The van der Waals surface area contributed by atoms with Gasteiger partial charge in [0.05, 0.1) is 25.4 Å². The molecule has 2 fully saturated rings. The van der Waals surface area contributed by atoms with Gasteiger partial charge in [0.1, 0.15) is 18.8 Å². The minimum atomic E-state index is 0.284. The molecule has 1 aromatic carbocycles. The second-order valence-electron chi connectivity index (χ2n) is 4.10. The number of hydroxylamine groups is 1. The average molecular weight is 221 g/mol. The first-order valence-corrected chi connectivity index (χ1v) is 5.60. The molecular formula is C12H15NO3. The van der Waals surface area contributed by atoms with Crippen molar-refractivity contribution >= 4 is 5.69 Å². The monoisotopic (exact) mass is 221 g/mol. The molecule has 86 valence electrons. The van der Waals surface area contributed by atoms with Crippen molar-refractivity contribution in [2.75, 3.05) is 31.4 Å². The zero-order valence-corrected chi connectivity index (χ0v) is 9.04. The summed E-state index contributed by atoms with van der Waals surface area (Å²) in [6.07, 6.45) is 0.603. The van der Waals surface area contributed by atoms with Gasteiger partial charge in [0.2, 0.25) is 0 Å². The number of ether oxygens (including phenoxy) is 2. The molecule has 0 amide bonds. The van der Waals surface area contributed by atoms with E-state index in [1.165, 1.54) is 0 Å². The summed E-state index contributed by atoms with van der Waals surface area (Å²) < 4.78 is 10.4. The fourth-order valence-corrected chi connectivity index (χ4v) is 1.52. The molecule has 0 aromatic heterocycles. The Bertz CT molecular complexity index is 335. The van der Waals surface area contributed by atoms with Gasteiger partial charge in [0, 0.05) is 0 Å². The Hall–Kier alpha value is -1.10. The Labute approximate surface area is 94.7 Å². The maximum atomic E-state index is 5.73. The fraction of sp³-hybridized carbons (Fsp3) is 0.500. The third-order valence-electron chi connectivity index (χ3n) is 2.63. The van der Waals surface area contributed by atoms with Gasteiger partial charge in [-0.1, -0.05) is 18.2 Å². The van der Waals surface area contributed by atoms with Crippen LogP contribution >= 0.6 is 0 Å². The highest BCUT2D eigenvalue weighted by atomic mass is 16.7. The molecule has 4 heteroatoms. The van der Waals surface area contributed by atoms with E-state index < -0.39 is 0 Å². The van der Waals surface area contributed by atoms with Crippen molar-refractivity contribution in [1.82, 2.24) is 0 Å². The lowest BCUT2D eigenvalue weighted by Gasteiger charge is -2.22. The highest BCUT2D eigenvalue weighted by Crippen LogP contribution is 2.20. The summed E-state index contributed by atoms with van der Waals surface area (Å²) in [5.74, 6) is 0. The second-order valence-corrected chi connectivity index (χ2v) is 4.10. The summed E-state index contributed by atoms with van der Waals surface area (Å²) in [4.78, 5) is 5.73. The third kappa shape index (κ3) is 2.72. The Morgan fingerprint density at radius 1 is 1.12 bits per heavy atom. The zero-order chi connectivity index (χ0) is 10.8. The first-order chi connectivity index (χ1) is 7.92. The predicted molar refractivity (Wildman–Crippen MR) is 59.2 cm³/mol. The SMILES string of the molecule is c1ccc(N(CC2CO2)OCC2CO2)cc1. The lowest BCUT2D eigenvalue weighted by atomic mass is 10.3. The Morgan fingerprint density at radius 2 is 1.81 bits per heavy atom. The van der Waals surface area contributed by atoms with Crippen LogP contribution in [0.4, 0.5) is 5.69 Å². The van der Waals surface area contributed by atoms with Crippen LogP contribution in [-0.2, 0) is 14.3 Å². The molecule has 16 heavy (non-hydrogen) atoms. The lowest BCUT2D eigenvalue weighted by molar-refractivity contribution is 0.0891. The normalized spacial score (nSPS) is 26.5. The van der Waals surface area contributed by atoms with Gasteiger partial charge >= 0.3 is 0 Å². The van der Waals surface area contributed by atoms with E-state index in [0.717, 1.165) is 25.4 Å². The summed E-state index contributed by atoms with van der Waals surface area (Å²) in [6, 6.07) is 10.1. The minimum absolute atomic E-state index is 0.284. The van der Waals surface area contributed by atoms with Crippen LogP contribution in [0.3, 0.4) is 0 Å². The molecular weight excluding hydrogens is 206 g/mol. The number of nitrogens with zero attached hydrogens (tertiary/aromatic N) is 1. The van der Waals surface area contributed by atoms with Gasteiger partial charge in [-0.3, -0.25) is 9.90 Å². The largest absolute Gasteiger partial charge is 0.371 e. The van der Waals surface area contributed by atoms with Crippen LogP contribution in [0.25, 0.3) is 0 Å². The van der Waals surface area contributed by atoms with Crippen LogP contribution in [0.15, 0.2) is 30.3 Å². The highest BCUT2D eigenvalue weighted by Gasteiger charge is 2.29. The van der Waals surface area contributed by atoms with E-state index in [1.54, 1.807) is 0 Å². The van der Waals surface area contributed by atoms with Crippen molar-refractivity contribution in [1.29, 1.82) is 0 Å². The predicted octanol–water partition coefficient (Wildman–Crippen LogP) is 1.22. The first kappa shape index (κ1) is 10.1. The van der Waals surface area contributed by atoms with Crippen molar-refractivity contribution in [3.8, 4) is 0 Å². The minimum Gasteiger partial charge on any atom is -0.371 e. The zero-order valence-electron chi connectivity index (χ0n) is 9.04. The van der Waals surface area contributed by atoms with E-state index in [4.69, 9.17) is 14.3 Å². The maximum absolute atomic E-state index is 5.73. The average Bonchev–Trinajstić information content (AvgIpc) is 3.19.